The van der Waals surface area contributed by atoms with Crippen LogP contribution in [0.3, 0.4) is 0 Å². The zero-order valence-electron chi connectivity index (χ0n) is 15.1. The lowest BCUT2D eigenvalue weighted by atomic mass is 9.76. The summed E-state index contributed by atoms with van der Waals surface area (Å²) < 4.78 is 30.8. The molecule has 0 saturated carbocycles. The zero-order chi connectivity index (χ0) is 17.8. The first-order chi connectivity index (χ1) is 12.0. The number of piperidine rings is 1. The van der Waals surface area contributed by atoms with E-state index in [2.05, 4.69) is 23.3 Å². The van der Waals surface area contributed by atoms with Crippen molar-refractivity contribution in [3.63, 3.8) is 0 Å². The fraction of sp³-hybridized carbons (Fsp3) is 0.526. The minimum atomic E-state index is -3.55. The molecule has 0 spiro atoms. The summed E-state index contributed by atoms with van der Waals surface area (Å²) in [5, 5.41) is 4.48. The van der Waals surface area contributed by atoms with Crippen molar-refractivity contribution in [1.82, 2.24) is 14.1 Å². The average Bonchev–Trinajstić information content (AvgIpc) is 2.98. The number of fused-ring (bicyclic) bond motifs is 2. The molecule has 5 nitrogen and oxygen atoms in total. The maximum absolute atomic E-state index is 13.6. The van der Waals surface area contributed by atoms with Crippen molar-refractivity contribution in [1.29, 1.82) is 0 Å². The van der Waals surface area contributed by atoms with Crippen LogP contribution in [0.1, 0.15) is 61.2 Å². The van der Waals surface area contributed by atoms with Crippen molar-refractivity contribution in [3.05, 3.63) is 46.8 Å². The van der Waals surface area contributed by atoms with E-state index >= 15 is 0 Å². The van der Waals surface area contributed by atoms with Crippen LogP contribution in [0, 0.1) is 0 Å². The summed E-state index contributed by atoms with van der Waals surface area (Å²) >= 11 is 0. The molecule has 1 aromatic heterocycles. The molecule has 5 rings (SSSR count). The van der Waals surface area contributed by atoms with Crippen molar-refractivity contribution in [3.8, 4) is 0 Å². The number of nitrogens with zero attached hydrogens (tertiary/aromatic N) is 3. The lowest BCUT2D eigenvalue weighted by Crippen LogP contribution is -2.45. The topological polar surface area (TPSA) is 55.2 Å². The molecular weight excluding hydrogens is 334 g/mol. The number of rotatable bonds is 4. The summed E-state index contributed by atoms with van der Waals surface area (Å²) in [5.74, 6) is 0.308. The predicted molar refractivity (Wildman–Crippen MR) is 97.0 cm³/mol. The summed E-state index contributed by atoms with van der Waals surface area (Å²) in [7, 11) is -1.71. The highest BCUT2D eigenvalue weighted by atomic mass is 32.2. The maximum atomic E-state index is 13.6. The van der Waals surface area contributed by atoms with Crippen LogP contribution in [0.5, 0.6) is 0 Å². The van der Waals surface area contributed by atoms with Crippen LogP contribution in [-0.2, 0) is 29.9 Å². The average molecular weight is 359 g/mol. The van der Waals surface area contributed by atoms with Crippen LogP contribution in [0.25, 0.3) is 0 Å². The molecule has 0 unspecified atom stereocenters. The highest BCUT2D eigenvalue weighted by molar-refractivity contribution is 7.89. The lowest BCUT2D eigenvalue weighted by molar-refractivity contribution is 0.207. The zero-order valence-corrected chi connectivity index (χ0v) is 15.9. The second-order valence-electron chi connectivity index (χ2n) is 7.05. The van der Waals surface area contributed by atoms with Gasteiger partial charge in [0.15, 0.2) is 0 Å². The van der Waals surface area contributed by atoms with Gasteiger partial charge in [0.25, 0.3) is 0 Å². The van der Waals surface area contributed by atoms with Crippen LogP contribution in [-0.4, -0.2) is 29.0 Å². The Bertz CT molecular complexity index is 917. The van der Waals surface area contributed by atoms with Crippen molar-refractivity contribution in [2.45, 2.75) is 56.4 Å². The fourth-order valence-electron chi connectivity index (χ4n) is 4.59. The van der Waals surface area contributed by atoms with Gasteiger partial charge >= 0.3 is 0 Å². The van der Waals surface area contributed by atoms with Crippen LogP contribution in [0.2, 0.25) is 0 Å². The Morgan fingerprint density at radius 3 is 2.52 bits per heavy atom. The summed E-state index contributed by atoms with van der Waals surface area (Å²) in [6.45, 7) is 4.55. The number of benzene rings is 1. The Hall–Kier alpha value is -1.66. The van der Waals surface area contributed by atoms with Crippen LogP contribution in [0.15, 0.2) is 29.2 Å². The van der Waals surface area contributed by atoms with Crippen molar-refractivity contribution in [2.75, 3.05) is 6.54 Å². The third-order valence-electron chi connectivity index (χ3n) is 5.75. The maximum Gasteiger partial charge on any atom is 0.247 e. The molecule has 6 heteroatoms. The normalized spacial score (nSPS) is 23.0. The number of aromatic nitrogens is 2. The Morgan fingerprint density at radius 1 is 1.12 bits per heavy atom. The van der Waals surface area contributed by atoms with Crippen LogP contribution in [0.4, 0.5) is 0 Å². The number of hydrogen-bond acceptors (Lipinski definition) is 3. The second-order valence-corrected chi connectivity index (χ2v) is 8.87. The standard InChI is InChI=1S/C19H25N3O2S/c1-4-16-19(17(5-2)21(3)20-16)25(23,24)22-12-13-10-11-18(22)15-9-7-6-8-14(13)15/h6-9,13,18H,4-5,10-12H2,1-3H3/t13-,18+/m1/s1. The van der Waals surface area contributed by atoms with Crippen LogP contribution < -0.4 is 0 Å². The van der Waals surface area contributed by atoms with E-state index in [9.17, 15) is 8.42 Å². The van der Waals surface area contributed by atoms with Gasteiger partial charge in [-0.3, -0.25) is 4.68 Å². The molecule has 2 aliphatic heterocycles. The van der Waals surface area contributed by atoms with E-state index in [4.69, 9.17) is 0 Å². The van der Waals surface area contributed by atoms with Crippen molar-refractivity contribution >= 4 is 10.0 Å². The van der Waals surface area contributed by atoms with Gasteiger partial charge in [-0.15, -0.1) is 0 Å². The minimum absolute atomic E-state index is 0.0409. The van der Waals surface area contributed by atoms with E-state index in [1.54, 1.807) is 8.99 Å². The highest BCUT2D eigenvalue weighted by Crippen LogP contribution is 2.49. The first-order valence-electron chi connectivity index (χ1n) is 9.14. The second kappa shape index (κ2) is 5.95. The minimum Gasteiger partial charge on any atom is -0.271 e. The van der Waals surface area contributed by atoms with E-state index in [1.807, 2.05) is 27.0 Å². The molecule has 3 aliphatic rings. The molecule has 0 amide bonds. The van der Waals surface area contributed by atoms with E-state index in [-0.39, 0.29) is 6.04 Å². The van der Waals surface area contributed by atoms with Gasteiger partial charge in [0, 0.05) is 13.6 Å². The molecule has 134 valence electrons. The summed E-state index contributed by atoms with van der Waals surface area (Å²) in [6.07, 6.45) is 3.27. The van der Waals surface area contributed by atoms with E-state index in [0.29, 0.717) is 35.9 Å². The predicted octanol–water partition coefficient (Wildman–Crippen LogP) is 3.17. The molecule has 1 aromatic carbocycles. The molecule has 1 fully saturated rings. The Balaban J connectivity index is 1.84. The van der Waals surface area contributed by atoms with E-state index in [0.717, 1.165) is 18.5 Å². The van der Waals surface area contributed by atoms with Gasteiger partial charge in [-0.05, 0) is 42.7 Å². The molecule has 2 bridgehead atoms. The first-order valence-corrected chi connectivity index (χ1v) is 10.6. The fourth-order valence-corrected chi connectivity index (χ4v) is 6.81. The van der Waals surface area contributed by atoms with Crippen molar-refractivity contribution < 1.29 is 8.42 Å². The molecule has 0 N–H and O–H groups in total. The van der Waals surface area contributed by atoms with Gasteiger partial charge in [0.05, 0.1) is 17.4 Å². The third kappa shape index (κ3) is 2.38. The Morgan fingerprint density at radius 2 is 1.84 bits per heavy atom. The Kier molecular flexibility index (Phi) is 4.00. The summed E-state index contributed by atoms with van der Waals surface area (Å²) in [5.41, 5.74) is 4.03. The summed E-state index contributed by atoms with van der Waals surface area (Å²) in [4.78, 5) is 0.449. The molecule has 2 aromatic rings. The molecule has 0 radical (unpaired) electrons. The van der Waals surface area contributed by atoms with E-state index < -0.39 is 10.0 Å². The van der Waals surface area contributed by atoms with E-state index in [1.165, 1.54) is 11.1 Å². The van der Waals surface area contributed by atoms with Gasteiger partial charge in [0.2, 0.25) is 10.0 Å². The molecule has 1 aliphatic carbocycles. The number of aryl methyl sites for hydroxylation is 2. The molecule has 25 heavy (non-hydrogen) atoms. The highest BCUT2D eigenvalue weighted by Gasteiger charge is 2.45. The van der Waals surface area contributed by atoms with Crippen molar-refractivity contribution in [2.24, 2.45) is 7.05 Å². The molecule has 3 heterocycles. The van der Waals surface area contributed by atoms with Gasteiger partial charge < -0.3 is 0 Å². The van der Waals surface area contributed by atoms with Gasteiger partial charge in [-0.2, -0.15) is 9.40 Å². The largest absolute Gasteiger partial charge is 0.271 e. The lowest BCUT2D eigenvalue weighted by Gasteiger charge is -2.45. The smallest absolute Gasteiger partial charge is 0.247 e. The monoisotopic (exact) mass is 359 g/mol. The van der Waals surface area contributed by atoms with Crippen LogP contribution >= 0.6 is 0 Å². The van der Waals surface area contributed by atoms with Gasteiger partial charge in [-0.25, -0.2) is 8.42 Å². The molecule has 1 saturated heterocycles. The molecular formula is C19H25N3O2S. The Labute approximate surface area is 149 Å². The quantitative estimate of drug-likeness (QED) is 0.842. The number of sulfonamides is 1. The molecule has 2 atom stereocenters. The number of hydrogen-bond donors (Lipinski definition) is 0. The van der Waals surface area contributed by atoms with Gasteiger partial charge in [0.1, 0.15) is 4.90 Å². The third-order valence-corrected chi connectivity index (χ3v) is 7.76. The first kappa shape index (κ1) is 16.8. The summed E-state index contributed by atoms with van der Waals surface area (Å²) in [6, 6.07) is 8.29. The van der Waals surface area contributed by atoms with Gasteiger partial charge in [-0.1, -0.05) is 38.1 Å². The SMILES string of the molecule is CCc1nn(C)c(CC)c1S(=O)(=O)N1C[C@H]2CC[C@H]1c1ccccc12.